The predicted molar refractivity (Wildman–Crippen MR) is 115 cm³/mol. The van der Waals surface area contributed by atoms with Crippen LogP contribution in [0.1, 0.15) is 39.2 Å². The number of nitrogens with zero attached hydrogens (tertiary/aromatic N) is 1. The highest BCUT2D eigenvalue weighted by molar-refractivity contribution is 5.94. The molecular formula is C22H32N4O5. The van der Waals surface area contributed by atoms with Crippen molar-refractivity contribution in [2.75, 3.05) is 6.54 Å². The van der Waals surface area contributed by atoms with Gasteiger partial charge in [-0.25, -0.2) is 4.79 Å². The highest BCUT2D eigenvalue weighted by Gasteiger charge is 2.38. The third kappa shape index (κ3) is 6.52. The number of rotatable bonds is 9. The first-order valence-electron chi connectivity index (χ1n) is 10.5. The second-order valence-corrected chi connectivity index (χ2v) is 8.28. The minimum atomic E-state index is -1.06. The summed E-state index contributed by atoms with van der Waals surface area (Å²) >= 11 is 0. The van der Waals surface area contributed by atoms with Gasteiger partial charge in [-0.05, 0) is 31.2 Å². The maximum absolute atomic E-state index is 13.2. The van der Waals surface area contributed by atoms with Crippen molar-refractivity contribution >= 4 is 23.7 Å². The van der Waals surface area contributed by atoms with Crippen LogP contribution in [0.5, 0.6) is 0 Å². The van der Waals surface area contributed by atoms with Crippen LogP contribution in [0.25, 0.3) is 0 Å². The van der Waals surface area contributed by atoms with Crippen molar-refractivity contribution in [3.63, 3.8) is 0 Å². The maximum Gasteiger partial charge on any atom is 0.326 e. The molecule has 170 valence electrons. The Balaban J connectivity index is 2.14. The fourth-order valence-electron chi connectivity index (χ4n) is 3.51. The molecule has 9 heteroatoms. The number of hydrogen-bond donors (Lipinski definition) is 4. The Morgan fingerprint density at radius 2 is 1.74 bits per heavy atom. The highest BCUT2D eigenvalue weighted by Crippen LogP contribution is 2.19. The summed E-state index contributed by atoms with van der Waals surface area (Å²) < 4.78 is 0. The monoisotopic (exact) mass is 432 g/mol. The lowest BCUT2D eigenvalue weighted by atomic mass is 10.0. The Hall–Kier alpha value is -2.94. The van der Waals surface area contributed by atoms with Crippen molar-refractivity contribution in [3.05, 3.63) is 35.9 Å². The summed E-state index contributed by atoms with van der Waals surface area (Å²) in [6, 6.07) is 5.65. The van der Waals surface area contributed by atoms with Gasteiger partial charge in [0.25, 0.3) is 0 Å². The molecule has 9 nitrogen and oxygen atoms in total. The minimum Gasteiger partial charge on any atom is -0.480 e. The van der Waals surface area contributed by atoms with E-state index in [4.69, 9.17) is 5.73 Å². The van der Waals surface area contributed by atoms with E-state index in [-0.39, 0.29) is 12.3 Å². The molecule has 2 rings (SSSR count). The topological polar surface area (TPSA) is 142 Å². The first-order valence-corrected chi connectivity index (χ1v) is 10.5. The normalized spacial score (nSPS) is 18.9. The standard InChI is InChI=1S/C22H32N4O5/c1-13(2)18(23)20(28)24-14(3)19(27)25-16(12-15-8-5-4-6-9-15)21(29)26-11-7-10-17(26)22(30)31/h4-6,8-9,13-14,16-18H,7,10-12,23H2,1-3H3,(H,24,28)(H,25,27)(H,30,31). The second kappa shape index (κ2) is 10.9. The van der Waals surface area contributed by atoms with Gasteiger partial charge in [0, 0.05) is 13.0 Å². The third-order valence-corrected chi connectivity index (χ3v) is 5.49. The van der Waals surface area contributed by atoms with E-state index < -0.39 is 47.9 Å². The van der Waals surface area contributed by atoms with Gasteiger partial charge in [-0.1, -0.05) is 44.2 Å². The fourth-order valence-corrected chi connectivity index (χ4v) is 3.51. The molecule has 0 spiro atoms. The van der Waals surface area contributed by atoms with Gasteiger partial charge in [-0.2, -0.15) is 0 Å². The molecule has 5 N–H and O–H groups in total. The molecule has 31 heavy (non-hydrogen) atoms. The number of likely N-dealkylation sites (tertiary alicyclic amines) is 1. The van der Waals surface area contributed by atoms with Crippen LogP contribution in [0.2, 0.25) is 0 Å². The van der Waals surface area contributed by atoms with E-state index in [9.17, 15) is 24.3 Å². The zero-order valence-corrected chi connectivity index (χ0v) is 18.2. The zero-order chi connectivity index (χ0) is 23.1. The maximum atomic E-state index is 13.2. The van der Waals surface area contributed by atoms with Crippen molar-refractivity contribution in [2.45, 2.75) is 64.2 Å². The van der Waals surface area contributed by atoms with Crippen LogP contribution in [0, 0.1) is 5.92 Å². The molecule has 3 amide bonds. The molecule has 0 bridgehead atoms. The van der Waals surface area contributed by atoms with Crippen LogP contribution >= 0.6 is 0 Å². The first kappa shape index (κ1) is 24.3. The summed E-state index contributed by atoms with van der Waals surface area (Å²) in [7, 11) is 0. The Labute approximate surface area is 182 Å². The average Bonchev–Trinajstić information content (AvgIpc) is 3.22. The summed E-state index contributed by atoms with van der Waals surface area (Å²) in [6.45, 7) is 5.45. The number of carbonyl (C=O) groups is 4. The molecule has 0 saturated carbocycles. The molecular weight excluding hydrogens is 400 g/mol. The van der Waals surface area contributed by atoms with E-state index in [1.165, 1.54) is 11.8 Å². The second-order valence-electron chi connectivity index (χ2n) is 8.28. The van der Waals surface area contributed by atoms with E-state index in [0.717, 1.165) is 5.56 Å². The lowest BCUT2D eigenvalue weighted by Crippen LogP contribution is -2.57. The van der Waals surface area contributed by atoms with Crippen molar-refractivity contribution in [3.8, 4) is 0 Å². The molecule has 0 radical (unpaired) electrons. The molecule has 1 fully saturated rings. The number of carboxylic acid groups (broad SMARTS) is 1. The number of nitrogens with two attached hydrogens (primary N) is 1. The molecule has 1 saturated heterocycles. The van der Waals surface area contributed by atoms with Crippen LogP contribution in [-0.2, 0) is 25.6 Å². The lowest BCUT2D eigenvalue weighted by molar-refractivity contribution is -0.149. The van der Waals surface area contributed by atoms with Gasteiger partial charge in [0.2, 0.25) is 17.7 Å². The number of hydrogen-bond acceptors (Lipinski definition) is 5. The number of aliphatic carboxylic acids is 1. The molecule has 1 aromatic carbocycles. The van der Waals surface area contributed by atoms with Gasteiger partial charge in [0.1, 0.15) is 18.1 Å². The van der Waals surface area contributed by atoms with Gasteiger partial charge >= 0.3 is 5.97 Å². The molecule has 1 aliphatic heterocycles. The Kier molecular flexibility index (Phi) is 8.56. The summed E-state index contributed by atoms with van der Waals surface area (Å²) in [5.41, 5.74) is 6.65. The zero-order valence-electron chi connectivity index (χ0n) is 18.2. The Bertz CT molecular complexity index is 798. The van der Waals surface area contributed by atoms with Crippen LogP contribution in [0.4, 0.5) is 0 Å². The van der Waals surface area contributed by atoms with Gasteiger partial charge < -0.3 is 26.4 Å². The van der Waals surface area contributed by atoms with Crippen LogP contribution in [0.15, 0.2) is 30.3 Å². The van der Waals surface area contributed by atoms with Gasteiger partial charge in [-0.15, -0.1) is 0 Å². The molecule has 4 unspecified atom stereocenters. The number of nitrogens with one attached hydrogen (secondary N) is 2. The smallest absolute Gasteiger partial charge is 0.326 e. The van der Waals surface area contributed by atoms with E-state index in [0.29, 0.717) is 19.4 Å². The molecule has 1 heterocycles. The molecule has 1 aliphatic rings. The van der Waals surface area contributed by atoms with Crippen LogP contribution in [0.3, 0.4) is 0 Å². The fraction of sp³-hybridized carbons (Fsp3) is 0.545. The molecule has 0 aliphatic carbocycles. The largest absolute Gasteiger partial charge is 0.480 e. The van der Waals surface area contributed by atoms with Crippen LogP contribution < -0.4 is 16.4 Å². The number of benzene rings is 1. The van der Waals surface area contributed by atoms with Crippen LogP contribution in [-0.4, -0.2) is 64.4 Å². The third-order valence-electron chi connectivity index (χ3n) is 5.49. The highest BCUT2D eigenvalue weighted by atomic mass is 16.4. The van der Waals surface area contributed by atoms with E-state index in [1.54, 1.807) is 13.8 Å². The average molecular weight is 433 g/mol. The molecule has 0 aromatic heterocycles. The minimum absolute atomic E-state index is 0.0919. The number of carbonyl (C=O) groups excluding carboxylic acids is 3. The number of amides is 3. The SMILES string of the molecule is CC(NC(=O)C(N)C(C)C)C(=O)NC(Cc1ccccc1)C(=O)N1CCCC1C(=O)O. The van der Waals surface area contributed by atoms with Gasteiger partial charge in [-0.3, -0.25) is 14.4 Å². The summed E-state index contributed by atoms with van der Waals surface area (Å²) in [6.07, 6.45) is 1.18. The molecule has 1 aromatic rings. The molecule has 4 atom stereocenters. The van der Waals surface area contributed by atoms with Gasteiger partial charge in [0.05, 0.1) is 6.04 Å². The van der Waals surface area contributed by atoms with E-state index in [2.05, 4.69) is 10.6 Å². The van der Waals surface area contributed by atoms with Gasteiger partial charge in [0.15, 0.2) is 0 Å². The number of carboxylic acids is 1. The predicted octanol–water partition coefficient (Wildman–Crippen LogP) is 0.278. The van der Waals surface area contributed by atoms with E-state index in [1.807, 2.05) is 30.3 Å². The van der Waals surface area contributed by atoms with E-state index >= 15 is 0 Å². The lowest BCUT2D eigenvalue weighted by Gasteiger charge is -2.28. The Morgan fingerprint density at radius 1 is 1.10 bits per heavy atom. The van der Waals surface area contributed by atoms with Crippen molar-refractivity contribution in [1.82, 2.24) is 15.5 Å². The summed E-state index contributed by atoms with van der Waals surface area (Å²) in [5, 5.41) is 14.7. The quantitative estimate of drug-likeness (QED) is 0.441. The van der Waals surface area contributed by atoms with Crippen molar-refractivity contribution in [2.24, 2.45) is 11.7 Å². The first-order chi connectivity index (χ1) is 14.6. The van der Waals surface area contributed by atoms with Crippen molar-refractivity contribution in [1.29, 1.82) is 0 Å². The summed E-state index contributed by atoms with van der Waals surface area (Å²) in [5.74, 6) is -2.58. The summed E-state index contributed by atoms with van der Waals surface area (Å²) in [4.78, 5) is 51.0. The Morgan fingerprint density at radius 3 is 2.32 bits per heavy atom. The van der Waals surface area contributed by atoms with Crippen molar-refractivity contribution < 1.29 is 24.3 Å².